The maximum absolute atomic E-state index is 11.9. The Balaban J connectivity index is 1.92. The Morgan fingerprint density at radius 3 is 2.84 bits per heavy atom. The van der Waals surface area contributed by atoms with Gasteiger partial charge in [0, 0.05) is 29.9 Å². The van der Waals surface area contributed by atoms with Crippen molar-refractivity contribution in [3.05, 3.63) is 46.7 Å². The van der Waals surface area contributed by atoms with Gasteiger partial charge in [0.25, 0.3) is 0 Å². The zero-order valence-electron chi connectivity index (χ0n) is 11.0. The molecule has 19 heavy (non-hydrogen) atoms. The first-order valence-corrected chi connectivity index (χ1v) is 6.49. The lowest BCUT2D eigenvalue weighted by molar-refractivity contribution is -0.116. The van der Waals surface area contributed by atoms with Crippen molar-refractivity contribution >= 4 is 23.2 Å². The molecule has 0 fully saturated rings. The van der Waals surface area contributed by atoms with E-state index in [9.17, 15) is 4.79 Å². The largest absolute Gasteiger partial charge is 0.326 e. The van der Waals surface area contributed by atoms with E-state index >= 15 is 0 Å². The average molecular weight is 278 g/mol. The molecule has 0 saturated carbocycles. The highest BCUT2D eigenvalue weighted by Gasteiger charge is 2.07. The molecule has 0 aliphatic rings. The Labute approximate surface area is 117 Å². The first-order valence-electron chi connectivity index (χ1n) is 6.11. The molecule has 1 N–H and O–H groups in total. The quantitative estimate of drug-likeness (QED) is 0.933. The number of rotatable bonds is 4. The third-order valence-corrected chi connectivity index (χ3v) is 3.29. The fourth-order valence-electron chi connectivity index (χ4n) is 1.76. The van der Waals surface area contributed by atoms with Crippen LogP contribution >= 0.6 is 11.6 Å². The number of nitrogens with one attached hydrogen (secondary N) is 1. The molecule has 2 aromatic rings. The third kappa shape index (κ3) is 3.58. The van der Waals surface area contributed by atoms with Crippen LogP contribution in [0.4, 0.5) is 5.69 Å². The summed E-state index contributed by atoms with van der Waals surface area (Å²) in [5.41, 5.74) is 2.59. The van der Waals surface area contributed by atoms with E-state index in [2.05, 4.69) is 10.4 Å². The van der Waals surface area contributed by atoms with Crippen LogP contribution in [0.15, 0.2) is 30.5 Å². The molecule has 0 aliphatic heterocycles. The van der Waals surface area contributed by atoms with E-state index in [0.717, 1.165) is 16.9 Å². The molecule has 0 unspecified atom stereocenters. The molecule has 100 valence electrons. The van der Waals surface area contributed by atoms with Gasteiger partial charge < -0.3 is 5.32 Å². The predicted octanol–water partition coefficient (Wildman–Crippen LogP) is 3.18. The number of hydrogen-bond donors (Lipinski definition) is 1. The number of carbonyl (C=O) groups is 1. The van der Waals surface area contributed by atoms with Crippen molar-refractivity contribution in [1.29, 1.82) is 0 Å². The van der Waals surface area contributed by atoms with Crippen LogP contribution in [0.2, 0.25) is 5.02 Å². The molecule has 4 nitrogen and oxygen atoms in total. The van der Waals surface area contributed by atoms with Gasteiger partial charge in [0.15, 0.2) is 0 Å². The average Bonchev–Trinajstić information content (AvgIpc) is 2.78. The van der Waals surface area contributed by atoms with E-state index in [1.807, 2.05) is 38.2 Å². The number of amides is 1. The number of halogens is 1. The summed E-state index contributed by atoms with van der Waals surface area (Å²) in [5, 5.41) is 7.75. The molecule has 1 aromatic carbocycles. The molecule has 0 aliphatic carbocycles. The summed E-state index contributed by atoms with van der Waals surface area (Å²) in [6, 6.07) is 7.39. The third-order valence-electron chi connectivity index (χ3n) is 2.88. The molecule has 2 rings (SSSR count). The molecular weight excluding hydrogens is 262 g/mol. The highest BCUT2D eigenvalue weighted by molar-refractivity contribution is 6.31. The lowest BCUT2D eigenvalue weighted by Gasteiger charge is -2.09. The van der Waals surface area contributed by atoms with Crippen LogP contribution < -0.4 is 5.32 Å². The van der Waals surface area contributed by atoms with Crippen LogP contribution in [0, 0.1) is 13.8 Å². The van der Waals surface area contributed by atoms with Crippen molar-refractivity contribution in [3.63, 3.8) is 0 Å². The second-order valence-corrected chi connectivity index (χ2v) is 4.84. The molecule has 0 saturated heterocycles. The number of anilines is 1. The van der Waals surface area contributed by atoms with Gasteiger partial charge in [-0.15, -0.1) is 0 Å². The topological polar surface area (TPSA) is 46.9 Å². The molecule has 5 heteroatoms. The van der Waals surface area contributed by atoms with Crippen molar-refractivity contribution in [2.24, 2.45) is 0 Å². The van der Waals surface area contributed by atoms with Crippen LogP contribution in [0.5, 0.6) is 0 Å². The van der Waals surface area contributed by atoms with Gasteiger partial charge in [-0.05, 0) is 37.6 Å². The summed E-state index contributed by atoms with van der Waals surface area (Å²) >= 11 is 6.01. The lowest BCUT2D eigenvalue weighted by atomic mass is 10.2. The highest BCUT2D eigenvalue weighted by Crippen LogP contribution is 2.22. The van der Waals surface area contributed by atoms with Crippen LogP contribution in [0.3, 0.4) is 0 Å². The molecule has 0 atom stereocenters. The van der Waals surface area contributed by atoms with Crippen molar-refractivity contribution in [2.75, 3.05) is 5.32 Å². The van der Waals surface area contributed by atoms with E-state index in [4.69, 9.17) is 11.6 Å². The summed E-state index contributed by atoms with van der Waals surface area (Å²) in [4.78, 5) is 11.9. The van der Waals surface area contributed by atoms with Gasteiger partial charge in [-0.1, -0.05) is 17.7 Å². The van der Waals surface area contributed by atoms with Gasteiger partial charge >= 0.3 is 0 Å². The SMILES string of the molecule is Cc1ccn(CCC(=O)Nc2cccc(Cl)c2C)n1. The first kappa shape index (κ1) is 13.6. The van der Waals surface area contributed by atoms with Gasteiger partial charge in [0.1, 0.15) is 0 Å². The highest BCUT2D eigenvalue weighted by atomic mass is 35.5. The van der Waals surface area contributed by atoms with Crippen LogP contribution in [0.25, 0.3) is 0 Å². The second-order valence-electron chi connectivity index (χ2n) is 4.43. The van der Waals surface area contributed by atoms with Gasteiger partial charge in [-0.2, -0.15) is 5.10 Å². The molecule has 0 spiro atoms. The van der Waals surface area contributed by atoms with Gasteiger partial charge in [-0.25, -0.2) is 0 Å². The summed E-state index contributed by atoms with van der Waals surface area (Å²) < 4.78 is 1.76. The Morgan fingerprint density at radius 2 is 2.16 bits per heavy atom. The van der Waals surface area contributed by atoms with Crippen LogP contribution in [-0.4, -0.2) is 15.7 Å². The lowest BCUT2D eigenvalue weighted by Crippen LogP contribution is -2.15. The fourth-order valence-corrected chi connectivity index (χ4v) is 1.93. The maximum atomic E-state index is 11.9. The molecule has 1 heterocycles. The summed E-state index contributed by atoms with van der Waals surface area (Å²) in [6.45, 7) is 4.37. The molecule has 0 bridgehead atoms. The number of benzene rings is 1. The number of aryl methyl sites for hydroxylation is 2. The summed E-state index contributed by atoms with van der Waals surface area (Å²) in [7, 11) is 0. The Morgan fingerprint density at radius 1 is 1.37 bits per heavy atom. The predicted molar refractivity (Wildman–Crippen MR) is 76.4 cm³/mol. The molecular formula is C14H16ClN3O. The zero-order valence-corrected chi connectivity index (χ0v) is 11.7. The van der Waals surface area contributed by atoms with Gasteiger partial charge in [0.2, 0.25) is 5.91 Å². The van der Waals surface area contributed by atoms with Gasteiger partial charge in [0.05, 0.1) is 5.69 Å². The number of carbonyl (C=O) groups excluding carboxylic acids is 1. The smallest absolute Gasteiger partial charge is 0.226 e. The Kier molecular flexibility index (Phi) is 4.22. The minimum absolute atomic E-state index is 0.0430. The Bertz CT molecular complexity index is 592. The minimum atomic E-state index is -0.0430. The van der Waals surface area contributed by atoms with E-state index in [1.54, 1.807) is 10.7 Å². The summed E-state index contributed by atoms with van der Waals surface area (Å²) in [6.07, 6.45) is 2.25. The number of aromatic nitrogens is 2. The van der Waals surface area contributed by atoms with E-state index < -0.39 is 0 Å². The van der Waals surface area contributed by atoms with E-state index in [0.29, 0.717) is 18.0 Å². The first-order chi connectivity index (χ1) is 9.06. The summed E-state index contributed by atoms with van der Waals surface area (Å²) in [5.74, 6) is -0.0430. The fraction of sp³-hybridized carbons (Fsp3) is 0.286. The molecule has 0 radical (unpaired) electrons. The van der Waals surface area contributed by atoms with Crippen LogP contribution in [0.1, 0.15) is 17.7 Å². The zero-order chi connectivity index (χ0) is 13.8. The molecule has 1 aromatic heterocycles. The monoisotopic (exact) mass is 277 g/mol. The van der Waals surface area contributed by atoms with Gasteiger partial charge in [-0.3, -0.25) is 9.48 Å². The molecule has 1 amide bonds. The van der Waals surface area contributed by atoms with E-state index in [1.165, 1.54) is 0 Å². The van der Waals surface area contributed by atoms with Crippen molar-refractivity contribution in [1.82, 2.24) is 9.78 Å². The van der Waals surface area contributed by atoms with Crippen molar-refractivity contribution in [3.8, 4) is 0 Å². The normalized spacial score (nSPS) is 10.5. The number of hydrogen-bond acceptors (Lipinski definition) is 2. The minimum Gasteiger partial charge on any atom is -0.326 e. The Hall–Kier alpha value is -1.81. The van der Waals surface area contributed by atoms with Crippen molar-refractivity contribution in [2.45, 2.75) is 26.8 Å². The number of nitrogens with zero attached hydrogens (tertiary/aromatic N) is 2. The van der Waals surface area contributed by atoms with E-state index in [-0.39, 0.29) is 5.91 Å². The second kappa shape index (κ2) is 5.89. The maximum Gasteiger partial charge on any atom is 0.226 e. The standard InChI is InChI=1S/C14H16ClN3O/c1-10-6-8-18(17-10)9-7-14(19)16-13-5-3-4-12(15)11(13)2/h3-6,8H,7,9H2,1-2H3,(H,16,19). The van der Waals surface area contributed by atoms with Crippen molar-refractivity contribution < 1.29 is 4.79 Å². The van der Waals surface area contributed by atoms with Crippen LogP contribution in [-0.2, 0) is 11.3 Å².